The van der Waals surface area contributed by atoms with E-state index in [-0.39, 0.29) is 0 Å². The molecule has 0 bridgehead atoms. The second kappa shape index (κ2) is 4.80. The molecule has 0 saturated heterocycles. The number of nitrogens with zero attached hydrogens (tertiary/aromatic N) is 3. The third-order valence-corrected chi connectivity index (χ3v) is 4.24. The van der Waals surface area contributed by atoms with Gasteiger partial charge in [-0.2, -0.15) is 0 Å². The van der Waals surface area contributed by atoms with Crippen molar-refractivity contribution in [3.05, 3.63) is 19.8 Å². The Morgan fingerprint density at radius 3 is 2.81 bits per heavy atom. The smallest absolute Gasteiger partial charge is 0.191 e. The molecule has 0 aliphatic heterocycles. The number of aryl methyl sites for hydroxylation is 1. The molecule has 2 heterocycles. The Labute approximate surface area is 115 Å². The summed E-state index contributed by atoms with van der Waals surface area (Å²) in [4.78, 5) is 12.8. The van der Waals surface area contributed by atoms with Crippen molar-refractivity contribution in [1.29, 1.82) is 0 Å². The van der Waals surface area contributed by atoms with Gasteiger partial charge in [-0.05, 0) is 29.0 Å². The Bertz CT molecular complexity index is 528. The highest BCUT2D eigenvalue weighted by atomic mass is 127. The largest absolute Gasteiger partial charge is 0.383 e. The molecule has 0 aromatic carbocycles. The van der Waals surface area contributed by atoms with Crippen LogP contribution in [0.3, 0.4) is 0 Å². The van der Waals surface area contributed by atoms with Crippen molar-refractivity contribution in [3.8, 4) is 10.8 Å². The van der Waals surface area contributed by atoms with Crippen LogP contribution in [0.15, 0.2) is 6.20 Å². The van der Waals surface area contributed by atoms with E-state index in [0.29, 0.717) is 21.0 Å². The Morgan fingerprint density at radius 2 is 2.25 bits per heavy atom. The first-order valence-electron chi connectivity index (χ1n) is 4.55. The molecule has 0 saturated carbocycles. The van der Waals surface area contributed by atoms with Crippen LogP contribution in [0.25, 0.3) is 10.8 Å². The molecule has 0 fully saturated rings. The fourth-order valence-corrected chi connectivity index (χ4v) is 2.67. The molecule has 7 heteroatoms. The average molecular weight is 367 g/mol. The van der Waals surface area contributed by atoms with Crippen molar-refractivity contribution in [3.63, 3.8) is 0 Å². The maximum atomic E-state index is 5.83. The Morgan fingerprint density at radius 1 is 1.50 bits per heavy atom. The topological polar surface area (TPSA) is 64.7 Å². The lowest BCUT2D eigenvalue weighted by Crippen LogP contribution is -2.04. The first kappa shape index (κ1) is 12.0. The van der Waals surface area contributed by atoms with Crippen molar-refractivity contribution >= 4 is 51.3 Å². The van der Waals surface area contributed by atoms with E-state index in [9.17, 15) is 0 Å². The van der Waals surface area contributed by atoms with E-state index < -0.39 is 0 Å². The van der Waals surface area contributed by atoms with Gasteiger partial charge in [0.1, 0.15) is 10.2 Å². The van der Waals surface area contributed by atoms with Crippen LogP contribution in [-0.2, 0) is 6.42 Å². The van der Waals surface area contributed by atoms with E-state index >= 15 is 0 Å². The Balaban J connectivity index is 2.54. The summed E-state index contributed by atoms with van der Waals surface area (Å²) in [6, 6.07) is 0. The number of nitrogens with two attached hydrogens (primary N) is 1. The lowest BCUT2D eigenvalue weighted by Gasteiger charge is -2.05. The summed E-state index contributed by atoms with van der Waals surface area (Å²) < 4.78 is 1.53. The summed E-state index contributed by atoms with van der Waals surface area (Å²) in [7, 11) is 0. The van der Waals surface area contributed by atoms with Gasteiger partial charge in [-0.15, -0.1) is 0 Å². The molecular weight excluding hydrogens is 359 g/mol. The van der Waals surface area contributed by atoms with E-state index in [1.54, 1.807) is 6.20 Å². The highest BCUT2D eigenvalue weighted by Crippen LogP contribution is 2.28. The van der Waals surface area contributed by atoms with Crippen molar-refractivity contribution in [2.24, 2.45) is 0 Å². The number of hydrogen-bond acceptors (Lipinski definition) is 5. The van der Waals surface area contributed by atoms with Gasteiger partial charge in [-0.3, -0.25) is 0 Å². The van der Waals surface area contributed by atoms with Crippen LogP contribution in [-0.4, -0.2) is 15.0 Å². The van der Waals surface area contributed by atoms with Gasteiger partial charge in [-0.1, -0.05) is 29.9 Å². The second-order valence-corrected chi connectivity index (χ2v) is 5.76. The van der Waals surface area contributed by atoms with Gasteiger partial charge in [0.2, 0.25) is 0 Å². The quantitative estimate of drug-likeness (QED) is 0.830. The van der Waals surface area contributed by atoms with E-state index in [2.05, 4.69) is 37.5 Å². The van der Waals surface area contributed by atoms with Gasteiger partial charge >= 0.3 is 0 Å². The molecule has 0 unspecified atom stereocenters. The van der Waals surface area contributed by atoms with E-state index in [1.165, 1.54) is 11.3 Å². The van der Waals surface area contributed by atoms with Crippen LogP contribution < -0.4 is 5.73 Å². The van der Waals surface area contributed by atoms with Gasteiger partial charge in [0, 0.05) is 0 Å². The Hall–Kier alpha value is -0.470. The SMILES string of the molecule is CCc1nc(-c2ncc(Cl)s2)nc(N)c1I. The maximum absolute atomic E-state index is 5.83. The van der Waals surface area contributed by atoms with Crippen LogP contribution in [0.2, 0.25) is 4.34 Å². The zero-order valence-corrected chi connectivity index (χ0v) is 12.1. The molecule has 0 amide bonds. The van der Waals surface area contributed by atoms with Crippen molar-refractivity contribution in [2.75, 3.05) is 5.73 Å². The zero-order chi connectivity index (χ0) is 11.7. The number of halogens is 2. The fraction of sp³-hybridized carbons (Fsp3) is 0.222. The second-order valence-electron chi connectivity index (χ2n) is 3.02. The molecule has 2 aromatic heterocycles. The molecule has 2 rings (SSSR count). The molecular formula is C9H8ClIN4S. The number of hydrogen-bond donors (Lipinski definition) is 1. The molecule has 0 radical (unpaired) electrons. The molecule has 2 N–H and O–H groups in total. The third kappa shape index (κ3) is 2.28. The summed E-state index contributed by atoms with van der Waals surface area (Å²) in [5.41, 5.74) is 6.77. The van der Waals surface area contributed by atoms with Crippen molar-refractivity contribution < 1.29 is 0 Å². The number of nitrogen functional groups attached to an aromatic ring is 1. The predicted octanol–water partition coefficient (Wildman–Crippen LogP) is 3.00. The summed E-state index contributed by atoms with van der Waals surface area (Å²) in [5, 5.41) is 0.697. The van der Waals surface area contributed by atoms with E-state index in [1.807, 2.05) is 6.92 Å². The first-order valence-corrected chi connectivity index (χ1v) is 6.82. The van der Waals surface area contributed by atoms with E-state index in [4.69, 9.17) is 17.3 Å². The number of aromatic nitrogens is 3. The molecule has 0 aliphatic rings. The van der Waals surface area contributed by atoms with E-state index in [0.717, 1.165) is 15.7 Å². The third-order valence-electron chi connectivity index (χ3n) is 1.95. The number of thiazole rings is 1. The average Bonchev–Trinajstić information content (AvgIpc) is 2.69. The minimum absolute atomic E-state index is 0.494. The van der Waals surface area contributed by atoms with Crippen LogP contribution >= 0.6 is 45.5 Å². The first-order chi connectivity index (χ1) is 7.61. The minimum Gasteiger partial charge on any atom is -0.383 e. The van der Waals surface area contributed by atoms with Gasteiger partial charge in [0.15, 0.2) is 10.8 Å². The predicted molar refractivity (Wildman–Crippen MR) is 74.7 cm³/mol. The van der Waals surface area contributed by atoms with Gasteiger partial charge in [-0.25, -0.2) is 15.0 Å². The highest BCUT2D eigenvalue weighted by Gasteiger charge is 2.12. The van der Waals surface area contributed by atoms with Gasteiger partial charge < -0.3 is 5.73 Å². The normalized spacial score (nSPS) is 10.7. The summed E-state index contributed by atoms with van der Waals surface area (Å²) in [5.74, 6) is 1.04. The maximum Gasteiger partial charge on any atom is 0.191 e. The summed E-state index contributed by atoms with van der Waals surface area (Å²) in [6.07, 6.45) is 2.40. The summed E-state index contributed by atoms with van der Waals surface area (Å²) in [6.45, 7) is 2.03. The molecule has 4 nitrogen and oxygen atoms in total. The number of anilines is 1. The standard InChI is InChI=1S/C9H8ClIN4S/c1-2-4-6(11)7(12)15-8(14-4)9-13-3-5(10)16-9/h3H,2H2,1H3,(H2,12,14,15). The highest BCUT2D eigenvalue weighted by molar-refractivity contribution is 14.1. The van der Waals surface area contributed by atoms with Gasteiger partial charge in [0.25, 0.3) is 0 Å². The molecule has 0 atom stereocenters. The lowest BCUT2D eigenvalue weighted by molar-refractivity contribution is 0.992. The van der Waals surface area contributed by atoms with Crippen LogP contribution in [0, 0.1) is 3.57 Å². The number of rotatable bonds is 2. The fourth-order valence-electron chi connectivity index (χ4n) is 1.20. The molecule has 0 spiro atoms. The minimum atomic E-state index is 0.494. The molecule has 2 aromatic rings. The van der Waals surface area contributed by atoms with Crippen molar-refractivity contribution in [1.82, 2.24) is 15.0 Å². The van der Waals surface area contributed by atoms with Crippen LogP contribution in [0.1, 0.15) is 12.6 Å². The lowest BCUT2D eigenvalue weighted by atomic mass is 10.3. The Kier molecular flexibility index (Phi) is 3.60. The van der Waals surface area contributed by atoms with Gasteiger partial charge in [0.05, 0.1) is 15.5 Å². The summed E-state index contributed by atoms with van der Waals surface area (Å²) >= 11 is 9.32. The zero-order valence-electron chi connectivity index (χ0n) is 8.37. The molecule has 16 heavy (non-hydrogen) atoms. The van der Waals surface area contributed by atoms with Crippen LogP contribution in [0.5, 0.6) is 0 Å². The molecule has 0 aliphatic carbocycles. The van der Waals surface area contributed by atoms with Crippen molar-refractivity contribution in [2.45, 2.75) is 13.3 Å². The monoisotopic (exact) mass is 366 g/mol. The van der Waals surface area contributed by atoms with Crippen LogP contribution in [0.4, 0.5) is 5.82 Å². The molecule has 84 valence electrons.